The van der Waals surface area contributed by atoms with Gasteiger partial charge in [0.2, 0.25) is 0 Å². The fourth-order valence-corrected chi connectivity index (χ4v) is 3.17. The molecular formula is C18H12Cl2O2. The summed E-state index contributed by atoms with van der Waals surface area (Å²) in [6, 6.07) is 16.9. The second-order valence-corrected chi connectivity index (χ2v) is 5.92. The summed E-state index contributed by atoms with van der Waals surface area (Å²) in [7, 11) is 0. The highest BCUT2D eigenvalue weighted by Crippen LogP contribution is 2.34. The maximum Gasteiger partial charge on any atom is 0.307 e. The lowest BCUT2D eigenvalue weighted by atomic mass is 9.94. The van der Waals surface area contributed by atoms with Gasteiger partial charge in [-0.25, -0.2) is 0 Å². The molecule has 0 aliphatic rings. The number of aliphatic carboxylic acids is 1. The summed E-state index contributed by atoms with van der Waals surface area (Å²) in [6.45, 7) is 0. The maximum absolute atomic E-state index is 11.0. The van der Waals surface area contributed by atoms with E-state index >= 15 is 0 Å². The predicted molar refractivity (Wildman–Crippen MR) is 90.7 cm³/mol. The van der Waals surface area contributed by atoms with Gasteiger partial charge in [0.15, 0.2) is 0 Å². The van der Waals surface area contributed by atoms with Crippen molar-refractivity contribution in [1.82, 2.24) is 0 Å². The fraction of sp³-hybridized carbons (Fsp3) is 0.0556. The number of carboxylic acid groups (broad SMARTS) is 1. The molecule has 4 heteroatoms. The molecule has 0 fully saturated rings. The van der Waals surface area contributed by atoms with Crippen LogP contribution in [0, 0.1) is 0 Å². The van der Waals surface area contributed by atoms with Crippen molar-refractivity contribution < 1.29 is 9.90 Å². The van der Waals surface area contributed by atoms with Gasteiger partial charge in [0.05, 0.1) is 6.42 Å². The van der Waals surface area contributed by atoms with Crippen molar-refractivity contribution in [2.45, 2.75) is 6.42 Å². The van der Waals surface area contributed by atoms with Crippen LogP contribution in [0.3, 0.4) is 0 Å². The SMILES string of the molecule is O=C(O)Cc1ccc(-c2cc(Cl)cc(Cl)c2)c2ccccc12. The third-order valence-electron chi connectivity index (χ3n) is 3.53. The highest BCUT2D eigenvalue weighted by molar-refractivity contribution is 6.35. The Hall–Kier alpha value is -2.03. The minimum atomic E-state index is -0.844. The third kappa shape index (κ3) is 2.94. The molecule has 0 aliphatic carbocycles. The summed E-state index contributed by atoms with van der Waals surface area (Å²) in [5.74, 6) is -0.844. The molecule has 0 atom stereocenters. The second kappa shape index (κ2) is 5.99. The van der Waals surface area contributed by atoms with Crippen molar-refractivity contribution in [3.8, 4) is 11.1 Å². The summed E-state index contributed by atoms with van der Waals surface area (Å²) in [5, 5.41) is 12.1. The van der Waals surface area contributed by atoms with E-state index in [1.807, 2.05) is 48.5 Å². The Labute approximate surface area is 137 Å². The first-order valence-corrected chi connectivity index (χ1v) is 7.49. The molecule has 0 bridgehead atoms. The van der Waals surface area contributed by atoms with Gasteiger partial charge < -0.3 is 5.11 Å². The van der Waals surface area contributed by atoms with Gasteiger partial charge in [-0.1, -0.05) is 59.6 Å². The van der Waals surface area contributed by atoms with Crippen LogP contribution in [-0.2, 0) is 11.2 Å². The average molecular weight is 331 g/mol. The Kier molecular flexibility index (Phi) is 4.06. The molecule has 0 unspecified atom stereocenters. The van der Waals surface area contributed by atoms with E-state index < -0.39 is 5.97 Å². The van der Waals surface area contributed by atoms with Gasteiger partial charge in [0.25, 0.3) is 0 Å². The zero-order valence-electron chi connectivity index (χ0n) is 11.5. The summed E-state index contributed by atoms with van der Waals surface area (Å²) < 4.78 is 0. The van der Waals surface area contributed by atoms with E-state index in [2.05, 4.69) is 0 Å². The van der Waals surface area contributed by atoms with E-state index in [1.165, 1.54) is 0 Å². The van der Waals surface area contributed by atoms with Gasteiger partial charge in [-0.15, -0.1) is 0 Å². The lowest BCUT2D eigenvalue weighted by molar-refractivity contribution is -0.136. The van der Waals surface area contributed by atoms with E-state index in [4.69, 9.17) is 28.3 Å². The number of hydrogen-bond donors (Lipinski definition) is 1. The van der Waals surface area contributed by atoms with Gasteiger partial charge in [0, 0.05) is 10.0 Å². The number of carbonyl (C=O) groups is 1. The third-order valence-corrected chi connectivity index (χ3v) is 3.97. The molecule has 0 radical (unpaired) electrons. The Morgan fingerprint density at radius 2 is 1.55 bits per heavy atom. The minimum Gasteiger partial charge on any atom is -0.481 e. The summed E-state index contributed by atoms with van der Waals surface area (Å²) in [5.41, 5.74) is 2.68. The zero-order valence-corrected chi connectivity index (χ0v) is 13.0. The van der Waals surface area contributed by atoms with Crippen LogP contribution in [0.25, 0.3) is 21.9 Å². The van der Waals surface area contributed by atoms with Gasteiger partial charge in [-0.2, -0.15) is 0 Å². The molecule has 0 aliphatic heterocycles. The number of carboxylic acids is 1. The summed E-state index contributed by atoms with van der Waals surface area (Å²) in [6.07, 6.45) is -0.00288. The first-order chi connectivity index (χ1) is 10.5. The molecule has 2 nitrogen and oxygen atoms in total. The Morgan fingerprint density at radius 3 is 2.18 bits per heavy atom. The summed E-state index contributed by atoms with van der Waals surface area (Å²) in [4.78, 5) is 11.0. The number of halogens is 2. The molecule has 0 spiro atoms. The molecule has 0 heterocycles. The van der Waals surface area contributed by atoms with Crippen LogP contribution in [0.4, 0.5) is 0 Å². The molecule has 0 aromatic heterocycles. The average Bonchev–Trinajstić information content (AvgIpc) is 2.46. The van der Waals surface area contributed by atoms with Crippen LogP contribution in [0.2, 0.25) is 10.0 Å². The van der Waals surface area contributed by atoms with Crippen molar-refractivity contribution in [3.63, 3.8) is 0 Å². The Bertz CT molecular complexity index is 852. The first-order valence-electron chi connectivity index (χ1n) is 6.73. The standard InChI is InChI=1S/C18H12Cl2O2/c19-13-7-12(8-14(20)10-13)16-6-5-11(9-18(21)22)15-3-1-2-4-17(15)16/h1-8,10H,9H2,(H,21,22). The van der Waals surface area contributed by atoms with Crippen LogP contribution in [0.1, 0.15) is 5.56 Å². The van der Waals surface area contributed by atoms with E-state index in [-0.39, 0.29) is 6.42 Å². The van der Waals surface area contributed by atoms with E-state index in [1.54, 1.807) is 6.07 Å². The smallest absolute Gasteiger partial charge is 0.307 e. The first kappa shape index (κ1) is 14.9. The van der Waals surface area contributed by atoms with Crippen LogP contribution < -0.4 is 0 Å². The molecule has 22 heavy (non-hydrogen) atoms. The van der Waals surface area contributed by atoms with Gasteiger partial charge in [0.1, 0.15) is 0 Å². The van der Waals surface area contributed by atoms with Crippen molar-refractivity contribution in [1.29, 1.82) is 0 Å². The molecule has 3 rings (SSSR count). The van der Waals surface area contributed by atoms with Gasteiger partial charge in [-0.05, 0) is 45.7 Å². The molecule has 0 saturated heterocycles. The van der Waals surface area contributed by atoms with Gasteiger partial charge >= 0.3 is 5.97 Å². The van der Waals surface area contributed by atoms with Crippen molar-refractivity contribution in [2.24, 2.45) is 0 Å². The molecule has 110 valence electrons. The summed E-state index contributed by atoms with van der Waals surface area (Å²) >= 11 is 12.2. The van der Waals surface area contributed by atoms with Crippen molar-refractivity contribution in [3.05, 3.63) is 70.2 Å². The second-order valence-electron chi connectivity index (χ2n) is 5.05. The predicted octanol–water partition coefficient (Wildman–Crippen LogP) is 5.44. The quantitative estimate of drug-likeness (QED) is 0.694. The highest BCUT2D eigenvalue weighted by Gasteiger charge is 2.11. The fourth-order valence-electron chi connectivity index (χ4n) is 2.64. The van der Waals surface area contributed by atoms with Crippen LogP contribution in [0.5, 0.6) is 0 Å². The van der Waals surface area contributed by atoms with Crippen molar-refractivity contribution >= 4 is 39.9 Å². The number of benzene rings is 3. The van der Waals surface area contributed by atoms with Gasteiger partial charge in [-0.3, -0.25) is 4.79 Å². The Balaban J connectivity index is 2.25. The number of hydrogen-bond acceptors (Lipinski definition) is 1. The van der Waals surface area contributed by atoms with Crippen molar-refractivity contribution in [2.75, 3.05) is 0 Å². The maximum atomic E-state index is 11.0. The normalized spacial score (nSPS) is 10.8. The van der Waals surface area contributed by atoms with Crippen LogP contribution >= 0.6 is 23.2 Å². The molecule has 3 aromatic carbocycles. The lowest BCUT2D eigenvalue weighted by Gasteiger charge is -2.11. The number of fused-ring (bicyclic) bond motifs is 1. The van der Waals surface area contributed by atoms with Crippen LogP contribution in [0.15, 0.2) is 54.6 Å². The van der Waals surface area contributed by atoms with E-state index in [0.29, 0.717) is 10.0 Å². The van der Waals surface area contributed by atoms with E-state index in [9.17, 15) is 4.79 Å². The van der Waals surface area contributed by atoms with E-state index in [0.717, 1.165) is 27.5 Å². The molecule has 3 aromatic rings. The minimum absolute atomic E-state index is 0.00288. The largest absolute Gasteiger partial charge is 0.481 e. The number of rotatable bonds is 3. The lowest BCUT2D eigenvalue weighted by Crippen LogP contribution is -2.01. The topological polar surface area (TPSA) is 37.3 Å². The zero-order chi connectivity index (χ0) is 15.7. The monoisotopic (exact) mass is 330 g/mol. The molecule has 1 N–H and O–H groups in total. The molecule has 0 amide bonds. The highest BCUT2D eigenvalue weighted by atomic mass is 35.5. The molecule has 0 saturated carbocycles. The Morgan fingerprint density at radius 1 is 0.909 bits per heavy atom. The van der Waals surface area contributed by atoms with Crippen LogP contribution in [-0.4, -0.2) is 11.1 Å². The molecular weight excluding hydrogens is 319 g/mol.